The average Bonchev–Trinajstić information content (AvgIpc) is 2.76. The summed E-state index contributed by atoms with van der Waals surface area (Å²) in [6.45, 7) is 4.31. The molecule has 2 heterocycles. The van der Waals surface area contributed by atoms with Gasteiger partial charge >= 0.3 is 0 Å². The highest BCUT2D eigenvalue weighted by Crippen LogP contribution is 2.26. The first-order valence-electron chi connectivity index (χ1n) is 5.44. The molecule has 1 atom stereocenters. The molecule has 0 aliphatic carbocycles. The molecule has 0 spiro atoms. The molecule has 2 N–H and O–H groups in total. The number of hydrogen-bond acceptors (Lipinski definition) is 5. The van der Waals surface area contributed by atoms with Crippen molar-refractivity contribution in [1.29, 1.82) is 0 Å². The maximum Gasteiger partial charge on any atom is 0.225 e. The second-order valence-electron chi connectivity index (χ2n) is 3.74. The first-order chi connectivity index (χ1) is 7.74. The van der Waals surface area contributed by atoms with Crippen LogP contribution < -0.4 is 10.6 Å². The van der Waals surface area contributed by atoms with Crippen molar-refractivity contribution in [1.82, 2.24) is 9.97 Å². The highest BCUT2D eigenvalue weighted by atomic mass is 32.1. The summed E-state index contributed by atoms with van der Waals surface area (Å²) in [5.74, 6) is 1.59. The van der Waals surface area contributed by atoms with E-state index in [2.05, 4.69) is 40.5 Å². The Morgan fingerprint density at radius 1 is 1.44 bits per heavy atom. The Bertz CT molecular complexity index is 480. The first kappa shape index (κ1) is 11.1. The fourth-order valence-electron chi connectivity index (χ4n) is 1.41. The zero-order chi connectivity index (χ0) is 11.5. The topological polar surface area (TPSA) is 49.8 Å². The van der Waals surface area contributed by atoms with Gasteiger partial charge in [-0.2, -0.15) is 4.98 Å². The van der Waals surface area contributed by atoms with Gasteiger partial charge in [0.15, 0.2) is 0 Å². The first-order valence-corrected chi connectivity index (χ1v) is 6.32. The van der Waals surface area contributed by atoms with Crippen molar-refractivity contribution in [3.63, 3.8) is 0 Å². The molecule has 2 rings (SSSR count). The summed E-state index contributed by atoms with van der Waals surface area (Å²) in [5, 5.41) is 9.54. The summed E-state index contributed by atoms with van der Waals surface area (Å²) in [6, 6.07) is 2.48. The van der Waals surface area contributed by atoms with E-state index >= 15 is 0 Å². The van der Waals surface area contributed by atoms with Crippen molar-refractivity contribution in [2.75, 3.05) is 17.7 Å². The maximum absolute atomic E-state index is 4.45. The van der Waals surface area contributed by atoms with Gasteiger partial charge in [0, 0.05) is 13.1 Å². The fourth-order valence-corrected chi connectivity index (χ4v) is 2.18. The summed E-state index contributed by atoms with van der Waals surface area (Å²) >= 11 is 1.63. The van der Waals surface area contributed by atoms with Gasteiger partial charge in [0.2, 0.25) is 5.95 Å². The molecule has 86 valence electrons. The largest absolute Gasteiger partial charge is 0.367 e. The Labute approximate surface area is 99.1 Å². The Kier molecular flexibility index (Phi) is 3.24. The lowest BCUT2D eigenvalue weighted by Gasteiger charge is -2.13. The van der Waals surface area contributed by atoms with Crippen molar-refractivity contribution in [2.24, 2.45) is 0 Å². The van der Waals surface area contributed by atoms with Crippen molar-refractivity contribution >= 4 is 33.3 Å². The second-order valence-corrected chi connectivity index (χ2v) is 4.63. The smallest absolute Gasteiger partial charge is 0.225 e. The van der Waals surface area contributed by atoms with Crippen LogP contribution in [0.4, 0.5) is 11.8 Å². The third-order valence-electron chi connectivity index (χ3n) is 2.54. The molecule has 4 nitrogen and oxygen atoms in total. The molecular formula is C11H16N4S. The average molecular weight is 236 g/mol. The van der Waals surface area contributed by atoms with Crippen molar-refractivity contribution < 1.29 is 0 Å². The van der Waals surface area contributed by atoms with E-state index in [0.29, 0.717) is 12.0 Å². The Morgan fingerprint density at radius 2 is 2.25 bits per heavy atom. The van der Waals surface area contributed by atoms with E-state index in [-0.39, 0.29) is 0 Å². The summed E-state index contributed by atoms with van der Waals surface area (Å²) in [7, 11) is 1.84. The van der Waals surface area contributed by atoms with E-state index in [4.69, 9.17) is 0 Å². The highest BCUT2D eigenvalue weighted by Gasteiger charge is 2.09. The van der Waals surface area contributed by atoms with Crippen LogP contribution in [0.15, 0.2) is 11.4 Å². The third kappa shape index (κ3) is 2.09. The molecule has 0 fully saturated rings. The molecular weight excluding hydrogens is 220 g/mol. The van der Waals surface area contributed by atoms with Gasteiger partial charge in [0.05, 0.1) is 5.39 Å². The summed E-state index contributed by atoms with van der Waals surface area (Å²) in [4.78, 5) is 9.88. The van der Waals surface area contributed by atoms with Crippen LogP contribution in [0.5, 0.6) is 0 Å². The predicted octanol–water partition coefficient (Wildman–Crippen LogP) is 2.94. The number of rotatable bonds is 4. The zero-order valence-electron chi connectivity index (χ0n) is 9.74. The van der Waals surface area contributed by atoms with E-state index in [0.717, 1.165) is 22.5 Å². The lowest BCUT2D eigenvalue weighted by molar-refractivity contribution is 0.760. The van der Waals surface area contributed by atoms with E-state index in [9.17, 15) is 0 Å². The molecule has 0 saturated carbocycles. The lowest BCUT2D eigenvalue weighted by Crippen LogP contribution is -2.15. The molecule has 0 saturated heterocycles. The highest BCUT2D eigenvalue weighted by molar-refractivity contribution is 7.16. The van der Waals surface area contributed by atoms with E-state index in [1.54, 1.807) is 11.3 Å². The monoisotopic (exact) mass is 236 g/mol. The van der Waals surface area contributed by atoms with Gasteiger partial charge in [0.1, 0.15) is 10.6 Å². The minimum absolute atomic E-state index is 0.419. The normalized spacial score (nSPS) is 12.7. The molecule has 0 radical (unpaired) electrons. The number of nitrogens with one attached hydrogen (secondary N) is 2. The van der Waals surface area contributed by atoms with Crippen LogP contribution in [-0.4, -0.2) is 23.1 Å². The Hall–Kier alpha value is -1.36. The minimum Gasteiger partial charge on any atom is -0.367 e. The van der Waals surface area contributed by atoms with Crippen LogP contribution in [0.1, 0.15) is 20.3 Å². The lowest BCUT2D eigenvalue weighted by atomic mass is 10.2. The quantitative estimate of drug-likeness (QED) is 0.857. The van der Waals surface area contributed by atoms with Crippen LogP contribution in [0.25, 0.3) is 10.2 Å². The van der Waals surface area contributed by atoms with Gasteiger partial charge in [-0.05, 0) is 24.8 Å². The van der Waals surface area contributed by atoms with Crippen LogP contribution >= 0.6 is 11.3 Å². The molecule has 0 amide bonds. The standard InChI is InChI=1S/C11H16N4S/c1-4-7(2)13-9-8-5-6-16-10(8)15-11(12-3)14-9/h5-7H,4H2,1-3H3,(H2,12,13,14,15). The van der Waals surface area contributed by atoms with Crippen molar-refractivity contribution in [2.45, 2.75) is 26.3 Å². The number of anilines is 2. The fraction of sp³-hybridized carbons (Fsp3) is 0.455. The molecule has 1 unspecified atom stereocenters. The van der Waals surface area contributed by atoms with Gasteiger partial charge in [0.25, 0.3) is 0 Å². The second kappa shape index (κ2) is 4.65. The molecule has 0 bridgehead atoms. The number of fused-ring (bicyclic) bond motifs is 1. The SMILES string of the molecule is CCC(C)Nc1nc(NC)nc2sccc12. The Morgan fingerprint density at radius 3 is 2.94 bits per heavy atom. The molecule has 16 heavy (non-hydrogen) atoms. The van der Waals surface area contributed by atoms with Crippen LogP contribution in [0, 0.1) is 0 Å². The van der Waals surface area contributed by atoms with Crippen LogP contribution in [0.3, 0.4) is 0 Å². The van der Waals surface area contributed by atoms with E-state index < -0.39 is 0 Å². The van der Waals surface area contributed by atoms with E-state index in [1.165, 1.54) is 0 Å². The van der Waals surface area contributed by atoms with Gasteiger partial charge < -0.3 is 10.6 Å². The number of nitrogens with zero attached hydrogens (tertiary/aromatic N) is 2. The van der Waals surface area contributed by atoms with Crippen LogP contribution in [0.2, 0.25) is 0 Å². The van der Waals surface area contributed by atoms with Gasteiger partial charge in [-0.15, -0.1) is 11.3 Å². The third-order valence-corrected chi connectivity index (χ3v) is 3.35. The summed E-state index contributed by atoms with van der Waals surface area (Å²) in [6.07, 6.45) is 1.07. The number of thiophene rings is 1. The molecule has 0 aliphatic heterocycles. The van der Waals surface area contributed by atoms with E-state index in [1.807, 2.05) is 12.4 Å². The zero-order valence-corrected chi connectivity index (χ0v) is 10.6. The summed E-state index contributed by atoms with van der Waals surface area (Å²) in [5.41, 5.74) is 0. The van der Waals surface area contributed by atoms with Gasteiger partial charge in [-0.25, -0.2) is 4.98 Å². The van der Waals surface area contributed by atoms with Crippen LogP contribution in [-0.2, 0) is 0 Å². The van der Waals surface area contributed by atoms with Crippen molar-refractivity contribution in [3.05, 3.63) is 11.4 Å². The number of aromatic nitrogens is 2. The van der Waals surface area contributed by atoms with Crippen molar-refractivity contribution in [3.8, 4) is 0 Å². The predicted molar refractivity (Wildman–Crippen MR) is 70.3 cm³/mol. The Balaban J connectivity index is 2.44. The minimum atomic E-state index is 0.419. The molecule has 2 aromatic rings. The molecule has 0 aliphatic rings. The summed E-state index contributed by atoms with van der Waals surface area (Å²) < 4.78 is 0. The molecule has 2 aromatic heterocycles. The maximum atomic E-state index is 4.45. The number of hydrogen-bond donors (Lipinski definition) is 2. The molecule has 0 aromatic carbocycles. The van der Waals surface area contributed by atoms with Gasteiger partial charge in [-0.3, -0.25) is 0 Å². The van der Waals surface area contributed by atoms with Gasteiger partial charge in [-0.1, -0.05) is 6.92 Å². The molecule has 5 heteroatoms.